The van der Waals surface area contributed by atoms with E-state index in [1.807, 2.05) is 5.32 Å². The van der Waals surface area contributed by atoms with E-state index in [0.717, 1.165) is 22.5 Å². The zero-order chi connectivity index (χ0) is 21.1. The summed E-state index contributed by atoms with van der Waals surface area (Å²) in [5, 5.41) is 1.93. The highest BCUT2D eigenvalue weighted by Gasteiger charge is 2.29. The molecular weight excluding hydrogens is 417 g/mol. The van der Waals surface area contributed by atoms with Crippen molar-refractivity contribution in [1.82, 2.24) is 19.0 Å². The smallest absolute Gasteiger partial charge is 0.335 e. The van der Waals surface area contributed by atoms with Gasteiger partial charge in [0.25, 0.3) is 10.0 Å². The Hall–Kier alpha value is -2.84. The third kappa shape index (κ3) is 4.71. The number of aromatic nitrogens is 2. The Labute approximate surface area is 160 Å². The number of hydrogen-bond acceptors (Lipinski definition) is 8. The maximum atomic E-state index is 13.3. The fraction of sp³-hybridized carbons (Fsp3) is 0.214. The second-order valence-electron chi connectivity index (χ2n) is 5.35. The van der Waals surface area contributed by atoms with Gasteiger partial charge in [0.1, 0.15) is 9.79 Å². The third-order valence-corrected chi connectivity index (χ3v) is 6.62. The van der Waals surface area contributed by atoms with Crippen LogP contribution in [0.25, 0.3) is 0 Å². The van der Waals surface area contributed by atoms with Crippen LogP contribution in [0.5, 0.6) is 5.88 Å². The Morgan fingerprint density at radius 3 is 2.29 bits per heavy atom. The van der Waals surface area contributed by atoms with Crippen molar-refractivity contribution in [1.29, 1.82) is 0 Å². The van der Waals surface area contributed by atoms with Crippen LogP contribution in [-0.2, 0) is 20.0 Å². The van der Waals surface area contributed by atoms with Gasteiger partial charge in [-0.05, 0) is 12.1 Å². The minimum absolute atomic E-state index is 0.201. The van der Waals surface area contributed by atoms with Gasteiger partial charge in [-0.15, -0.1) is 0 Å². The van der Waals surface area contributed by atoms with Gasteiger partial charge in [-0.1, -0.05) is 12.1 Å². The molecule has 0 saturated heterocycles. The first-order chi connectivity index (χ1) is 13.0. The quantitative estimate of drug-likeness (QED) is 0.622. The number of carbonyl (C=O) groups excluding carboxylic acids is 1. The monoisotopic (exact) mass is 433 g/mol. The Morgan fingerprint density at radius 2 is 1.71 bits per heavy atom. The van der Waals surface area contributed by atoms with Crippen LogP contribution in [0.1, 0.15) is 0 Å². The maximum Gasteiger partial charge on any atom is 0.335 e. The van der Waals surface area contributed by atoms with Gasteiger partial charge in [-0.2, -0.15) is 14.4 Å². The van der Waals surface area contributed by atoms with Crippen LogP contribution in [0.4, 0.5) is 15.1 Å². The molecule has 0 aliphatic heterocycles. The summed E-state index contributed by atoms with van der Waals surface area (Å²) in [6.45, 7) is 0. The fourth-order valence-electron chi connectivity index (χ4n) is 1.94. The van der Waals surface area contributed by atoms with Crippen LogP contribution < -0.4 is 14.8 Å². The summed E-state index contributed by atoms with van der Waals surface area (Å²) >= 11 is 0. The number of carbonyl (C=O) groups is 1. The lowest BCUT2D eigenvalue weighted by molar-refractivity contribution is 0.256. The molecule has 0 aliphatic carbocycles. The number of ether oxygens (including phenoxy) is 1. The molecule has 2 aromatic rings. The van der Waals surface area contributed by atoms with Crippen LogP contribution in [0.2, 0.25) is 0 Å². The van der Waals surface area contributed by atoms with Crippen molar-refractivity contribution in [3.8, 4) is 5.88 Å². The second-order valence-corrected chi connectivity index (χ2v) is 9.12. The lowest BCUT2D eigenvalue weighted by Gasteiger charge is -2.15. The molecule has 2 rings (SSSR count). The number of methoxy groups -OCH3 is 1. The summed E-state index contributed by atoms with van der Waals surface area (Å²) in [5.41, 5.74) is 0. The molecule has 2 N–H and O–H groups in total. The summed E-state index contributed by atoms with van der Waals surface area (Å²) < 4.78 is 70.2. The number of halogens is 1. The van der Waals surface area contributed by atoms with Crippen molar-refractivity contribution in [2.45, 2.75) is 9.79 Å². The van der Waals surface area contributed by atoms with Crippen molar-refractivity contribution in [3.63, 3.8) is 0 Å². The minimum Gasteiger partial charge on any atom is -0.481 e. The van der Waals surface area contributed by atoms with Gasteiger partial charge in [-0.3, -0.25) is 5.32 Å². The Morgan fingerprint density at radius 1 is 1.11 bits per heavy atom. The molecule has 1 heterocycles. The summed E-state index contributed by atoms with van der Waals surface area (Å²) in [6, 6.07) is 4.26. The molecule has 0 unspecified atom stereocenters. The number of hydrogen-bond donors (Lipinski definition) is 2. The molecule has 0 saturated carbocycles. The number of rotatable bonds is 6. The Balaban J connectivity index is 2.32. The van der Waals surface area contributed by atoms with Crippen molar-refractivity contribution in [2.75, 3.05) is 26.5 Å². The highest BCUT2D eigenvalue weighted by atomic mass is 32.2. The van der Waals surface area contributed by atoms with Crippen LogP contribution in [-0.4, -0.2) is 58.3 Å². The average molecular weight is 433 g/mol. The van der Waals surface area contributed by atoms with Crippen LogP contribution in [0, 0.1) is 5.95 Å². The summed E-state index contributed by atoms with van der Waals surface area (Å²) in [5.74, 6) is -1.78. The molecule has 2 amide bonds. The lowest BCUT2D eigenvalue weighted by atomic mass is 10.4. The first kappa shape index (κ1) is 21.5. The fourth-order valence-corrected chi connectivity index (χ4v) is 4.55. The lowest BCUT2D eigenvalue weighted by Crippen LogP contribution is -2.36. The molecular formula is C14H16FN5O6S2. The molecule has 1 aromatic heterocycles. The SMILES string of the molecule is COc1cc(F)nc(NC(=O)NS(=O)(=O)c2ccccc2S(=O)(=O)N(C)C)n1. The van der Waals surface area contributed by atoms with Gasteiger partial charge in [0.2, 0.25) is 27.8 Å². The van der Waals surface area contributed by atoms with E-state index in [0.29, 0.717) is 0 Å². The highest BCUT2D eigenvalue weighted by molar-refractivity contribution is 7.92. The topological polar surface area (TPSA) is 148 Å². The predicted molar refractivity (Wildman–Crippen MR) is 95.2 cm³/mol. The number of urea groups is 1. The summed E-state index contributed by atoms with van der Waals surface area (Å²) in [6.07, 6.45) is 0. The number of nitrogens with zero attached hydrogens (tertiary/aromatic N) is 3. The van der Waals surface area contributed by atoms with Crippen molar-refractivity contribution in [3.05, 3.63) is 36.3 Å². The molecule has 1 aromatic carbocycles. The van der Waals surface area contributed by atoms with E-state index in [2.05, 4.69) is 9.97 Å². The zero-order valence-electron chi connectivity index (χ0n) is 14.9. The minimum atomic E-state index is -4.60. The van der Waals surface area contributed by atoms with Crippen LogP contribution in [0.15, 0.2) is 40.1 Å². The van der Waals surface area contributed by atoms with E-state index < -0.39 is 47.8 Å². The van der Waals surface area contributed by atoms with Gasteiger partial charge in [-0.25, -0.2) is 30.7 Å². The molecule has 0 aliphatic rings. The highest BCUT2D eigenvalue weighted by Crippen LogP contribution is 2.22. The number of amides is 2. The largest absolute Gasteiger partial charge is 0.481 e. The molecule has 0 fully saturated rings. The number of benzene rings is 1. The van der Waals surface area contributed by atoms with Crippen molar-refractivity contribution in [2.24, 2.45) is 0 Å². The standard InChI is InChI=1S/C14H16FN5O6S2/c1-20(2)28(24,25)10-7-5-4-6-9(10)27(22,23)19-14(21)18-13-16-11(15)8-12(17-13)26-3/h4-8H,1-3H3,(H2,16,17,18,19,21). The van der Waals surface area contributed by atoms with Gasteiger partial charge < -0.3 is 4.74 Å². The molecule has 28 heavy (non-hydrogen) atoms. The summed E-state index contributed by atoms with van der Waals surface area (Å²) in [4.78, 5) is 17.7. The van der Waals surface area contributed by atoms with E-state index in [9.17, 15) is 26.0 Å². The molecule has 0 radical (unpaired) electrons. The van der Waals surface area contributed by atoms with Crippen LogP contribution in [0.3, 0.4) is 0 Å². The molecule has 14 heteroatoms. The van der Waals surface area contributed by atoms with Crippen molar-refractivity contribution >= 4 is 32.0 Å². The van der Waals surface area contributed by atoms with E-state index in [-0.39, 0.29) is 5.88 Å². The van der Waals surface area contributed by atoms with Gasteiger partial charge in [0, 0.05) is 14.1 Å². The van der Waals surface area contributed by atoms with Crippen LogP contribution >= 0.6 is 0 Å². The van der Waals surface area contributed by atoms with E-state index >= 15 is 0 Å². The zero-order valence-corrected chi connectivity index (χ0v) is 16.5. The molecule has 0 atom stereocenters. The second kappa shape index (κ2) is 8.04. The van der Waals surface area contributed by atoms with E-state index in [4.69, 9.17) is 4.74 Å². The maximum absolute atomic E-state index is 13.3. The molecule has 152 valence electrons. The average Bonchev–Trinajstić information content (AvgIpc) is 2.60. The van der Waals surface area contributed by atoms with Gasteiger partial charge >= 0.3 is 6.03 Å². The normalized spacial score (nSPS) is 11.9. The van der Waals surface area contributed by atoms with E-state index in [1.54, 1.807) is 4.72 Å². The van der Waals surface area contributed by atoms with Crippen molar-refractivity contribution < 1.29 is 30.8 Å². The molecule has 0 spiro atoms. The first-order valence-corrected chi connectivity index (χ1v) is 10.3. The van der Waals surface area contributed by atoms with Gasteiger partial charge in [0.05, 0.1) is 13.2 Å². The number of nitrogens with one attached hydrogen (secondary N) is 2. The molecule has 0 bridgehead atoms. The summed E-state index contributed by atoms with van der Waals surface area (Å²) in [7, 11) is -5.04. The van der Waals surface area contributed by atoms with Gasteiger partial charge in [0.15, 0.2) is 0 Å². The van der Waals surface area contributed by atoms with E-state index in [1.165, 1.54) is 33.3 Å². The third-order valence-electron chi connectivity index (χ3n) is 3.23. The first-order valence-electron chi connectivity index (χ1n) is 7.41. The Kier molecular flexibility index (Phi) is 6.16. The molecule has 11 nitrogen and oxygen atoms in total. The predicted octanol–water partition coefficient (Wildman–Crippen LogP) is 0.385. The number of sulfonamides is 2. The Bertz CT molecular complexity index is 1100. The number of anilines is 1.